The third kappa shape index (κ3) is 3.90. The van der Waals surface area contributed by atoms with Crippen molar-refractivity contribution in [3.05, 3.63) is 126 Å². The highest BCUT2D eigenvalue weighted by molar-refractivity contribution is 7.25. The molecule has 43 heavy (non-hydrogen) atoms. The van der Waals surface area contributed by atoms with Gasteiger partial charge in [0, 0.05) is 42.3 Å². The SMILES string of the molecule is CC1(C)c2ccccc2-c2cccc(-c3nc(-c4ccccc4)nc(-c4ccc5sc6ccccc6c5c4)n3)c2C1(C)C. The maximum atomic E-state index is 5.23. The van der Waals surface area contributed by atoms with Crippen LogP contribution in [0.15, 0.2) is 115 Å². The Kier molecular flexibility index (Phi) is 5.69. The minimum atomic E-state index is -0.179. The van der Waals surface area contributed by atoms with Crippen molar-refractivity contribution in [1.29, 1.82) is 0 Å². The van der Waals surface area contributed by atoms with Crippen molar-refractivity contribution in [2.75, 3.05) is 0 Å². The number of benzene rings is 5. The van der Waals surface area contributed by atoms with E-state index in [0.717, 1.165) is 16.7 Å². The van der Waals surface area contributed by atoms with Crippen LogP contribution in [0.4, 0.5) is 0 Å². The van der Waals surface area contributed by atoms with Crippen LogP contribution < -0.4 is 0 Å². The number of hydrogen-bond donors (Lipinski definition) is 0. The number of fused-ring (bicyclic) bond motifs is 6. The summed E-state index contributed by atoms with van der Waals surface area (Å²) in [5.41, 5.74) is 7.96. The number of nitrogens with zero attached hydrogens (tertiary/aromatic N) is 3. The monoisotopic (exact) mass is 573 g/mol. The van der Waals surface area contributed by atoms with E-state index in [0.29, 0.717) is 17.5 Å². The molecule has 0 radical (unpaired) electrons. The van der Waals surface area contributed by atoms with E-state index >= 15 is 0 Å². The minimum Gasteiger partial charge on any atom is -0.208 e. The van der Waals surface area contributed by atoms with Crippen molar-refractivity contribution in [1.82, 2.24) is 15.0 Å². The molecule has 0 aliphatic heterocycles. The molecule has 0 atom stereocenters. The van der Waals surface area contributed by atoms with E-state index in [4.69, 9.17) is 15.0 Å². The highest BCUT2D eigenvalue weighted by atomic mass is 32.1. The normalized spacial score (nSPS) is 14.9. The van der Waals surface area contributed by atoms with Gasteiger partial charge in [-0.2, -0.15) is 0 Å². The first-order chi connectivity index (χ1) is 20.8. The molecule has 2 heterocycles. The van der Waals surface area contributed by atoms with E-state index in [-0.39, 0.29) is 10.8 Å². The fourth-order valence-electron chi connectivity index (χ4n) is 6.76. The van der Waals surface area contributed by atoms with Gasteiger partial charge in [-0.3, -0.25) is 0 Å². The summed E-state index contributed by atoms with van der Waals surface area (Å²) < 4.78 is 2.55. The third-order valence-electron chi connectivity index (χ3n) is 9.69. The lowest BCUT2D eigenvalue weighted by Gasteiger charge is -2.49. The van der Waals surface area contributed by atoms with Gasteiger partial charge in [-0.25, -0.2) is 15.0 Å². The van der Waals surface area contributed by atoms with Gasteiger partial charge in [0.15, 0.2) is 17.5 Å². The molecular weight excluding hydrogens is 543 g/mol. The maximum absolute atomic E-state index is 5.23. The summed E-state index contributed by atoms with van der Waals surface area (Å²) in [5, 5.41) is 2.50. The lowest BCUT2D eigenvalue weighted by molar-refractivity contribution is 0.300. The molecule has 7 aromatic rings. The summed E-state index contributed by atoms with van der Waals surface area (Å²) in [5.74, 6) is 2.08. The van der Waals surface area contributed by atoms with Gasteiger partial charge in [-0.05, 0) is 51.9 Å². The van der Waals surface area contributed by atoms with Gasteiger partial charge < -0.3 is 0 Å². The number of thiophene rings is 1. The molecule has 8 rings (SSSR count). The molecule has 208 valence electrons. The van der Waals surface area contributed by atoms with Crippen LogP contribution in [0.25, 0.3) is 65.5 Å². The van der Waals surface area contributed by atoms with E-state index in [1.165, 1.54) is 42.4 Å². The molecule has 0 fully saturated rings. The predicted octanol–water partition coefficient (Wildman–Crippen LogP) is 10.5. The summed E-state index contributed by atoms with van der Waals surface area (Å²) in [4.78, 5) is 15.5. The molecule has 5 aromatic carbocycles. The molecule has 0 N–H and O–H groups in total. The summed E-state index contributed by atoms with van der Waals surface area (Å²) in [6, 6.07) is 40.9. The van der Waals surface area contributed by atoms with Gasteiger partial charge in [0.1, 0.15) is 0 Å². The topological polar surface area (TPSA) is 38.7 Å². The van der Waals surface area contributed by atoms with Crippen LogP contribution in [-0.2, 0) is 10.8 Å². The van der Waals surface area contributed by atoms with Gasteiger partial charge in [0.05, 0.1) is 0 Å². The smallest absolute Gasteiger partial charge is 0.164 e. The zero-order valence-electron chi connectivity index (χ0n) is 24.7. The number of rotatable bonds is 3. The highest BCUT2D eigenvalue weighted by Gasteiger charge is 2.47. The van der Waals surface area contributed by atoms with Crippen molar-refractivity contribution < 1.29 is 0 Å². The minimum absolute atomic E-state index is 0.101. The van der Waals surface area contributed by atoms with Crippen LogP contribution in [0, 0.1) is 0 Å². The summed E-state index contributed by atoms with van der Waals surface area (Å²) >= 11 is 1.82. The molecule has 0 spiro atoms. The molecule has 0 unspecified atom stereocenters. The Balaban J connectivity index is 1.40. The van der Waals surface area contributed by atoms with E-state index < -0.39 is 0 Å². The van der Waals surface area contributed by atoms with Crippen molar-refractivity contribution >= 4 is 31.5 Å². The van der Waals surface area contributed by atoms with Gasteiger partial charge in [-0.15, -0.1) is 11.3 Å². The van der Waals surface area contributed by atoms with Crippen LogP contribution in [0.1, 0.15) is 38.8 Å². The average Bonchev–Trinajstić information content (AvgIpc) is 3.42. The third-order valence-corrected chi connectivity index (χ3v) is 10.8. The van der Waals surface area contributed by atoms with E-state index in [9.17, 15) is 0 Å². The molecular formula is C39H31N3S. The summed E-state index contributed by atoms with van der Waals surface area (Å²) in [7, 11) is 0. The van der Waals surface area contributed by atoms with Crippen LogP contribution in [-0.4, -0.2) is 15.0 Å². The van der Waals surface area contributed by atoms with Crippen molar-refractivity contribution in [2.24, 2.45) is 0 Å². The molecule has 0 amide bonds. The zero-order valence-corrected chi connectivity index (χ0v) is 25.5. The number of aromatic nitrogens is 3. The fraction of sp³-hybridized carbons (Fsp3) is 0.154. The Labute approximate surface area is 256 Å². The first-order valence-electron chi connectivity index (χ1n) is 14.8. The van der Waals surface area contributed by atoms with Crippen LogP contribution in [0.2, 0.25) is 0 Å². The first kappa shape index (κ1) is 26.0. The van der Waals surface area contributed by atoms with Crippen LogP contribution in [0.5, 0.6) is 0 Å². The Morgan fingerprint density at radius 3 is 1.93 bits per heavy atom. The molecule has 4 heteroatoms. The van der Waals surface area contributed by atoms with E-state index in [2.05, 4.69) is 125 Å². The van der Waals surface area contributed by atoms with Crippen molar-refractivity contribution in [3.63, 3.8) is 0 Å². The van der Waals surface area contributed by atoms with Gasteiger partial charge in [-0.1, -0.05) is 119 Å². The van der Waals surface area contributed by atoms with E-state index in [1.54, 1.807) is 0 Å². The molecule has 0 bridgehead atoms. The largest absolute Gasteiger partial charge is 0.208 e. The Bertz CT molecular complexity index is 2190. The van der Waals surface area contributed by atoms with Gasteiger partial charge >= 0.3 is 0 Å². The Morgan fingerprint density at radius 2 is 1.09 bits per heavy atom. The van der Waals surface area contributed by atoms with E-state index in [1.807, 2.05) is 29.5 Å². The molecule has 2 aromatic heterocycles. The van der Waals surface area contributed by atoms with Crippen molar-refractivity contribution in [2.45, 2.75) is 38.5 Å². The average molecular weight is 574 g/mol. The lowest BCUT2D eigenvalue weighted by atomic mass is 9.54. The van der Waals surface area contributed by atoms with Gasteiger partial charge in [0.2, 0.25) is 0 Å². The van der Waals surface area contributed by atoms with Crippen LogP contribution >= 0.6 is 11.3 Å². The standard InChI is InChI=1S/C39H31N3S/c1-38(2)31-19-10-8-15-26(31)28-17-12-18-29(34(28)39(38,3)4)37-41-35(24-13-6-5-7-14-24)40-36(42-37)25-21-22-33-30(23-25)27-16-9-11-20-32(27)43-33/h5-23H,1-4H3. The predicted molar refractivity (Wildman–Crippen MR) is 181 cm³/mol. The van der Waals surface area contributed by atoms with Crippen LogP contribution in [0.3, 0.4) is 0 Å². The van der Waals surface area contributed by atoms with Crippen molar-refractivity contribution in [3.8, 4) is 45.3 Å². The Morgan fingerprint density at radius 1 is 0.465 bits per heavy atom. The second kappa shape index (κ2) is 9.42. The molecule has 0 saturated carbocycles. The summed E-state index contributed by atoms with van der Waals surface area (Å²) in [6.07, 6.45) is 0. The summed E-state index contributed by atoms with van der Waals surface area (Å²) in [6.45, 7) is 9.45. The Hall–Kier alpha value is -4.67. The second-order valence-electron chi connectivity index (χ2n) is 12.5. The molecule has 1 aliphatic rings. The quantitative estimate of drug-likeness (QED) is 0.211. The lowest BCUT2D eigenvalue weighted by Crippen LogP contribution is -2.44. The zero-order chi connectivity index (χ0) is 29.3. The molecule has 0 saturated heterocycles. The molecule has 1 aliphatic carbocycles. The van der Waals surface area contributed by atoms with Gasteiger partial charge in [0.25, 0.3) is 0 Å². The highest BCUT2D eigenvalue weighted by Crippen LogP contribution is 2.55. The fourth-order valence-corrected chi connectivity index (χ4v) is 7.84. The maximum Gasteiger partial charge on any atom is 0.164 e. The number of hydrogen-bond acceptors (Lipinski definition) is 4. The molecule has 3 nitrogen and oxygen atoms in total. The first-order valence-corrected chi connectivity index (χ1v) is 15.6. The second-order valence-corrected chi connectivity index (χ2v) is 13.6.